The lowest BCUT2D eigenvalue weighted by Crippen LogP contribution is -2.25. The summed E-state index contributed by atoms with van der Waals surface area (Å²) in [6.45, 7) is 2.24. The van der Waals surface area contributed by atoms with Gasteiger partial charge in [0.1, 0.15) is 5.82 Å². The van der Waals surface area contributed by atoms with Crippen molar-refractivity contribution >= 4 is 15.7 Å². The van der Waals surface area contributed by atoms with Gasteiger partial charge in [0, 0.05) is 13.0 Å². The Labute approximate surface area is 106 Å². The molecule has 0 aliphatic heterocycles. The molecule has 0 unspecified atom stereocenters. The zero-order valence-corrected chi connectivity index (χ0v) is 11.0. The summed E-state index contributed by atoms with van der Waals surface area (Å²) in [7, 11) is -3.39. The monoisotopic (exact) mass is 273 g/mol. The van der Waals surface area contributed by atoms with Gasteiger partial charge in [-0.15, -0.1) is 0 Å². The van der Waals surface area contributed by atoms with Crippen molar-refractivity contribution in [2.45, 2.75) is 19.1 Å². The van der Waals surface area contributed by atoms with Crippen molar-refractivity contribution in [1.29, 1.82) is 0 Å². The van der Waals surface area contributed by atoms with Gasteiger partial charge in [-0.1, -0.05) is 12.1 Å². The predicted molar refractivity (Wildman–Crippen MR) is 67.2 cm³/mol. The van der Waals surface area contributed by atoms with E-state index in [4.69, 9.17) is 0 Å². The highest BCUT2D eigenvalue weighted by Gasteiger charge is 2.14. The summed E-state index contributed by atoms with van der Waals surface area (Å²) in [6.07, 6.45) is -0.0640. The van der Waals surface area contributed by atoms with Crippen LogP contribution in [0.15, 0.2) is 24.3 Å². The molecule has 6 heteroatoms. The van der Waals surface area contributed by atoms with Crippen molar-refractivity contribution in [1.82, 2.24) is 5.32 Å². The van der Waals surface area contributed by atoms with Crippen LogP contribution in [0.3, 0.4) is 0 Å². The molecule has 0 aliphatic carbocycles. The van der Waals surface area contributed by atoms with Crippen molar-refractivity contribution in [2.24, 2.45) is 0 Å². The van der Waals surface area contributed by atoms with Crippen LogP contribution >= 0.6 is 0 Å². The number of carbonyl (C=O) groups is 1. The van der Waals surface area contributed by atoms with Gasteiger partial charge >= 0.3 is 0 Å². The minimum absolute atomic E-state index is 0.0640. The smallest absolute Gasteiger partial charge is 0.221 e. The van der Waals surface area contributed by atoms with Crippen LogP contribution in [-0.2, 0) is 20.4 Å². The maximum absolute atomic E-state index is 12.9. The second kappa shape index (κ2) is 6.49. The average Bonchev–Trinajstić information content (AvgIpc) is 2.26. The summed E-state index contributed by atoms with van der Waals surface area (Å²) in [5, 5.41) is 2.53. The molecule has 0 radical (unpaired) electrons. The summed E-state index contributed by atoms with van der Waals surface area (Å²) in [5.41, 5.74) is 0.394. The van der Waals surface area contributed by atoms with E-state index in [9.17, 15) is 17.6 Å². The van der Waals surface area contributed by atoms with Crippen LogP contribution in [0.5, 0.6) is 0 Å². The number of halogens is 1. The first kappa shape index (κ1) is 14.6. The lowest BCUT2D eigenvalue weighted by molar-refractivity contribution is -0.120. The predicted octanol–water partition coefficient (Wildman–Crippen LogP) is 1.27. The SMILES string of the molecule is CCNC(=O)CCS(=O)(=O)Cc1cccc(F)c1. The average molecular weight is 273 g/mol. The van der Waals surface area contributed by atoms with E-state index in [0.29, 0.717) is 12.1 Å². The molecule has 0 saturated heterocycles. The lowest BCUT2D eigenvalue weighted by Gasteiger charge is -2.05. The fraction of sp³-hybridized carbons (Fsp3) is 0.417. The Hall–Kier alpha value is -1.43. The topological polar surface area (TPSA) is 63.2 Å². The van der Waals surface area contributed by atoms with Crippen LogP contribution in [0.4, 0.5) is 4.39 Å². The zero-order valence-electron chi connectivity index (χ0n) is 10.1. The zero-order chi connectivity index (χ0) is 13.6. The van der Waals surface area contributed by atoms with Crippen molar-refractivity contribution in [3.63, 3.8) is 0 Å². The van der Waals surface area contributed by atoms with Gasteiger partial charge in [0.2, 0.25) is 5.91 Å². The number of amides is 1. The van der Waals surface area contributed by atoms with Crippen LogP contribution in [0, 0.1) is 5.82 Å². The molecule has 1 rings (SSSR count). The minimum Gasteiger partial charge on any atom is -0.356 e. The van der Waals surface area contributed by atoms with Crippen LogP contribution in [0.25, 0.3) is 0 Å². The molecule has 100 valence electrons. The highest BCUT2D eigenvalue weighted by atomic mass is 32.2. The standard InChI is InChI=1S/C12H16FNO3S/c1-2-14-12(15)6-7-18(16,17)9-10-4-3-5-11(13)8-10/h3-5,8H,2,6-7,9H2,1H3,(H,14,15). The Kier molecular flexibility index (Phi) is 5.27. The Morgan fingerprint density at radius 2 is 2.11 bits per heavy atom. The van der Waals surface area contributed by atoms with E-state index in [1.54, 1.807) is 13.0 Å². The van der Waals surface area contributed by atoms with Gasteiger partial charge in [0.25, 0.3) is 0 Å². The van der Waals surface area contributed by atoms with Crippen LogP contribution in [-0.4, -0.2) is 26.6 Å². The highest BCUT2D eigenvalue weighted by Crippen LogP contribution is 2.09. The molecule has 4 nitrogen and oxygen atoms in total. The van der Waals surface area contributed by atoms with Crippen molar-refractivity contribution in [3.8, 4) is 0 Å². The molecule has 0 atom stereocenters. The fourth-order valence-electron chi connectivity index (χ4n) is 1.49. The first-order chi connectivity index (χ1) is 8.43. The number of sulfone groups is 1. The van der Waals surface area contributed by atoms with Crippen molar-refractivity contribution in [3.05, 3.63) is 35.6 Å². The highest BCUT2D eigenvalue weighted by molar-refractivity contribution is 7.90. The third kappa shape index (κ3) is 5.27. The number of hydrogen-bond donors (Lipinski definition) is 1. The molecule has 0 bridgehead atoms. The molecule has 1 amide bonds. The van der Waals surface area contributed by atoms with E-state index in [1.807, 2.05) is 0 Å². The summed E-state index contributed by atoms with van der Waals surface area (Å²) >= 11 is 0. The second-order valence-corrected chi connectivity index (χ2v) is 6.11. The Balaban J connectivity index is 2.57. The van der Waals surface area contributed by atoms with Crippen LogP contribution in [0.1, 0.15) is 18.9 Å². The van der Waals surface area contributed by atoms with Crippen LogP contribution in [0.2, 0.25) is 0 Å². The summed E-state index contributed by atoms with van der Waals surface area (Å²) in [4.78, 5) is 11.2. The molecule has 1 N–H and O–H groups in total. The fourth-order valence-corrected chi connectivity index (χ4v) is 2.81. The molecule has 0 aliphatic rings. The van der Waals surface area contributed by atoms with E-state index < -0.39 is 15.7 Å². The normalized spacial score (nSPS) is 11.2. The van der Waals surface area contributed by atoms with Crippen molar-refractivity contribution in [2.75, 3.05) is 12.3 Å². The maximum atomic E-state index is 12.9. The molecule has 0 spiro atoms. The molecule has 1 aromatic rings. The summed E-state index contributed by atoms with van der Waals surface area (Å²) < 4.78 is 36.3. The molecular formula is C12H16FNO3S. The Morgan fingerprint density at radius 1 is 1.39 bits per heavy atom. The Bertz CT molecular complexity index is 514. The molecule has 0 saturated carbocycles. The minimum atomic E-state index is -3.39. The number of benzene rings is 1. The van der Waals surface area contributed by atoms with E-state index in [2.05, 4.69) is 5.32 Å². The molecule has 18 heavy (non-hydrogen) atoms. The molecule has 0 heterocycles. The third-order valence-corrected chi connectivity index (χ3v) is 3.89. The number of carbonyl (C=O) groups excluding carboxylic acids is 1. The molecule has 0 fully saturated rings. The van der Waals surface area contributed by atoms with Gasteiger partial charge in [0.05, 0.1) is 11.5 Å². The van der Waals surface area contributed by atoms with E-state index >= 15 is 0 Å². The van der Waals surface area contributed by atoms with E-state index in [-0.39, 0.29) is 23.8 Å². The number of nitrogens with one attached hydrogen (secondary N) is 1. The van der Waals surface area contributed by atoms with Gasteiger partial charge in [-0.05, 0) is 24.6 Å². The molecule has 0 aromatic heterocycles. The second-order valence-electron chi connectivity index (χ2n) is 3.93. The number of hydrogen-bond acceptors (Lipinski definition) is 3. The first-order valence-corrected chi connectivity index (χ1v) is 7.46. The van der Waals surface area contributed by atoms with Crippen molar-refractivity contribution < 1.29 is 17.6 Å². The van der Waals surface area contributed by atoms with E-state index in [1.165, 1.54) is 18.2 Å². The quantitative estimate of drug-likeness (QED) is 0.849. The van der Waals surface area contributed by atoms with Gasteiger partial charge in [-0.25, -0.2) is 12.8 Å². The maximum Gasteiger partial charge on any atom is 0.221 e. The lowest BCUT2D eigenvalue weighted by atomic mass is 10.2. The van der Waals surface area contributed by atoms with Gasteiger partial charge in [-0.2, -0.15) is 0 Å². The third-order valence-electron chi connectivity index (χ3n) is 2.29. The summed E-state index contributed by atoms with van der Waals surface area (Å²) in [6, 6.07) is 5.45. The van der Waals surface area contributed by atoms with Crippen LogP contribution < -0.4 is 5.32 Å². The Morgan fingerprint density at radius 3 is 2.72 bits per heavy atom. The summed E-state index contributed by atoms with van der Waals surface area (Å²) in [5.74, 6) is -1.23. The largest absolute Gasteiger partial charge is 0.356 e. The van der Waals surface area contributed by atoms with Gasteiger partial charge in [0.15, 0.2) is 9.84 Å². The van der Waals surface area contributed by atoms with Gasteiger partial charge in [-0.3, -0.25) is 4.79 Å². The first-order valence-electron chi connectivity index (χ1n) is 5.64. The molecule has 1 aromatic carbocycles. The number of rotatable bonds is 6. The van der Waals surface area contributed by atoms with Gasteiger partial charge < -0.3 is 5.32 Å². The molecular weight excluding hydrogens is 257 g/mol. The van der Waals surface area contributed by atoms with E-state index in [0.717, 1.165) is 0 Å².